The highest BCUT2D eigenvalue weighted by molar-refractivity contribution is 5.99. The van der Waals surface area contributed by atoms with Gasteiger partial charge in [0.05, 0.1) is 19.6 Å². The lowest BCUT2D eigenvalue weighted by Gasteiger charge is -2.25. The summed E-state index contributed by atoms with van der Waals surface area (Å²) in [4.78, 5) is 23.6. The molecule has 0 fully saturated rings. The lowest BCUT2D eigenvalue weighted by Crippen LogP contribution is -2.45. The number of nitrogens with one attached hydrogen (secondary N) is 1. The number of benzene rings is 1. The Kier molecular flexibility index (Phi) is 4.17. The maximum absolute atomic E-state index is 12.3. The number of halogens is 3. The number of alkyl halides is 3. The fourth-order valence-electron chi connectivity index (χ4n) is 2.19. The van der Waals surface area contributed by atoms with Crippen LogP contribution in [0.1, 0.15) is 28.4 Å². The minimum atomic E-state index is -4.47. The van der Waals surface area contributed by atoms with Crippen LogP contribution in [0.4, 0.5) is 13.2 Å². The standard InChI is InChI=1S/C13H13F3N2O3/c1-21-11(19)6-10-8-4-2-3-5-9(8)12(20)18(10)17-7-13(14,15)16/h2-5,10,17H,6-7H2,1H3. The molecule has 0 bridgehead atoms. The minimum absolute atomic E-state index is 0.218. The lowest BCUT2D eigenvalue weighted by molar-refractivity contribution is -0.143. The van der Waals surface area contributed by atoms with Gasteiger partial charge in [0, 0.05) is 5.56 Å². The molecule has 1 aromatic rings. The monoisotopic (exact) mass is 302 g/mol. The lowest BCUT2D eigenvalue weighted by atomic mass is 10.0. The molecule has 1 aliphatic heterocycles. The maximum Gasteiger partial charge on any atom is 0.402 e. The molecular formula is C13H13F3N2O3. The molecule has 114 valence electrons. The van der Waals surface area contributed by atoms with Gasteiger partial charge in [-0.05, 0) is 11.6 Å². The van der Waals surface area contributed by atoms with E-state index in [0.717, 1.165) is 5.01 Å². The van der Waals surface area contributed by atoms with E-state index in [1.54, 1.807) is 18.2 Å². The second-order valence-electron chi connectivity index (χ2n) is 4.51. The number of amides is 1. The summed E-state index contributed by atoms with van der Waals surface area (Å²) in [5.74, 6) is -1.20. The van der Waals surface area contributed by atoms with Crippen molar-refractivity contribution in [3.63, 3.8) is 0 Å². The normalized spacial score (nSPS) is 17.8. The van der Waals surface area contributed by atoms with Crippen LogP contribution in [0.5, 0.6) is 0 Å². The van der Waals surface area contributed by atoms with Crippen LogP contribution >= 0.6 is 0 Å². The summed E-state index contributed by atoms with van der Waals surface area (Å²) in [6.07, 6.45) is -4.69. The van der Waals surface area contributed by atoms with Crippen LogP contribution in [0, 0.1) is 0 Å². The van der Waals surface area contributed by atoms with Gasteiger partial charge in [-0.2, -0.15) is 13.2 Å². The highest BCUT2D eigenvalue weighted by Crippen LogP contribution is 2.34. The van der Waals surface area contributed by atoms with E-state index in [-0.39, 0.29) is 12.0 Å². The minimum Gasteiger partial charge on any atom is -0.469 e. The Morgan fingerprint density at radius 3 is 2.67 bits per heavy atom. The molecule has 1 amide bonds. The van der Waals surface area contributed by atoms with Crippen LogP contribution in [0.25, 0.3) is 0 Å². The first-order chi connectivity index (χ1) is 9.83. The van der Waals surface area contributed by atoms with Crippen molar-refractivity contribution in [3.8, 4) is 0 Å². The van der Waals surface area contributed by atoms with E-state index < -0.39 is 30.6 Å². The van der Waals surface area contributed by atoms with Crippen LogP contribution in [0.3, 0.4) is 0 Å². The molecule has 21 heavy (non-hydrogen) atoms. The highest BCUT2D eigenvalue weighted by atomic mass is 19.4. The molecular weight excluding hydrogens is 289 g/mol. The number of rotatable bonds is 4. The Bertz CT molecular complexity index is 560. The van der Waals surface area contributed by atoms with E-state index in [0.29, 0.717) is 5.56 Å². The van der Waals surface area contributed by atoms with Crippen LogP contribution in [0.15, 0.2) is 24.3 Å². The smallest absolute Gasteiger partial charge is 0.402 e. The third-order valence-corrected chi connectivity index (χ3v) is 3.12. The first-order valence-corrected chi connectivity index (χ1v) is 6.13. The Morgan fingerprint density at radius 1 is 1.38 bits per heavy atom. The molecule has 0 aromatic heterocycles. The number of ether oxygens (including phenoxy) is 1. The van der Waals surface area contributed by atoms with Crippen molar-refractivity contribution in [2.45, 2.75) is 18.6 Å². The van der Waals surface area contributed by atoms with Gasteiger partial charge < -0.3 is 4.74 Å². The largest absolute Gasteiger partial charge is 0.469 e. The van der Waals surface area contributed by atoms with Gasteiger partial charge in [0.15, 0.2) is 0 Å². The third kappa shape index (κ3) is 3.33. The maximum atomic E-state index is 12.3. The number of methoxy groups -OCH3 is 1. The molecule has 1 aliphatic rings. The van der Waals surface area contributed by atoms with Gasteiger partial charge in [-0.1, -0.05) is 18.2 Å². The molecule has 1 heterocycles. The van der Waals surface area contributed by atoms with E-state index in [9.17, 15) is 22.8 Å². The van der Waals surface area contributed by atoms with Gasteiger partial charge >= 0.3 is 12.1 Å². The second kappa shape index (κ2) is 5.72. The summed E-state index contributed by atoms with van der Waals surface area (Å²) in [6.45, 7) is -1.36. The van der Waals surface area contributed by atoms with Crippen molar-refractivity contribution >= 4 is 11.9 Å². The zero-order valence-corrected chi connectivity index (χ0v) is 11.1. The number of nitrogens with zero attached hydrogens (tertiary/aromatic N) is 1. The van der Waals surface area contributed by atoms with Gasteiger partial charge in [0.25, 0.3) is 5.91 Å². The number of esters is 1. The number of carbonyl (C=O) groups is 2. The molecule has 0 saturated carbocycles. The van der Waals surface area contributed by atoms with Crippen molar-refractivity contribution in [2.75, 3.05) is 13.7 Å². The fourth-order valence-corrected chi connectivity index (χ4v) is 2.19. The first-order valence-electron chi connectivity index (χ1n) is 6.13. The van der Waals surface area contributed by atoms with Crippen LogP contribution in [0.2, 0.25) is 0 Å². The topological polar surface area (TPSA) is 58.6 Å². The summed E-state index contributed by atoms with van der Waals surface area (Å²) in [5, 5.41) is 0.842. The van der Waals surface area contributed by atoms with E-state index in [1.807, 2.05) is 5.43 Å². The Hall–Kier alpha value is -2.09. The highest BCUT2D eigenvalue weighted by Gasteiger charge is 2.40. The van der Waals surface area contributed by atoms with Crippen LogP contribution < -0.4 is 5.43 Å². The van der Waals surface area contributed by atoms with Crippen molar-refractivity contribution in [1.29, 1.82) is 0 Å². The zero-order chi connectivity index (χ0) is 15.6. The van der Waals surface area contributed by atoms with Crippen LogP contribution in [-0.4, -0.2) is 36.7 Å². The molecule has 1 N–H and O–H groups in total. The molecule has 8 heteroatoms. The van der Waals surface area contributed by atoms with Gasteiger partial charge in [-0.3, -0.25) is 14.6 Å². The summed E-state index contributed by atoms with van der Waals surface area (Å²) >= 11 is 0. The number of hydrogen-bond acceptors (Lipinski definition) is 4. The molecule has 0 saturated heterocycles. The number of hydrazine groups is 1. The molecule has 2 rings (SSSR count). The van der Waals surface area contributed by atoms with E-state index in [1.165, 1.54) is 13.2 Å². The van der Waals surface area contributed by atoms with Crippen molar-refractivity contribution in [2.24, 2.45) is 0 Å². The van der Waals surface area contributed by atoms with Gasteiger partial charge in [0.1, 0.15) is 6.54 Å². The Labute approximate surface area is 118 Å². The van der Waals surface area contributed by atoms with Crippen LogP contribution in [-0.2, 0) is 9.53 Å². The Balaban J connectivity index is 2.25. The van der Waals surface area contributed by atoms with Gasteiger partial charge in [-0.15, -0.1) is 0 Å². The number of hydrogen-bond donors (Lipinski definition) is 1. The molecule has 0 aliphatic carbocycles. The summed E-state index contributed by atoms with van der Waals surface area (Å²) < 4.78 is 41.5. The second-order valence-corrected chi connectivity index (χ2v) is 4.51. The van der Waals surface area contributed by atoms with Gasteiger partial charge in [-0.25, -0.2) is 5.43 Å². The average molecular weight is 302 g/mol. The molecule has 5 nitrogen and oxygen atoms in total. The zero-order valence-electron chi connectivity index (χ0n) is 11.1. The van der Waals surface area contributed by atoms with E-state index in [2.05, 4.69) is 4.74 Å². The van der Waals surface area contributed by atoms with E-state index >= 15 is 0 Å². The SMILES string of the molecule is COC(=O)CC1c2ccccc2C(=O)N1NCC(F)(F)F. The Morgan fingerprint density at radius 2 is 2.05 bits per heavy atom. The fraction of sp³-hybridized carbons (Fsp3) is 0.385. The average Bonchev–Trinajstić information content (AvgIpc) is 2.69. The summed E-state index contributed by atoms with van der Waals surface area (Å²) in [5.41, 5.74) is 2.83. The van der Waals surface area contributed by atoms with Gasteiger partial charge in [0.2, 0.25) is 0 Å². The van der Waals surface area contributed by atoms with Crippen molar-refractivity contribution in [3.05, 3.63) is 35.4 Å². The number of carbonyl (C=O) groups excluding carboxylic acids is 2. The predicted octanol–water partition coefficient (Wildman–Crippen LogP) is 1.81. The molecule has 1 atom stereocenters. The van der Waals surface area contributed by atoms with E-state index in [4.69, 9.17) is 0 Å². The summed E-state index contributed by atoms with van der Waals surface area (Å²) in [7, 11) is 1.18. The quantitative estimate of drug-likeness (QED) is 0.862. The predicted molar refractivity (Wildman–Crippen MR) is 66.0 cm³/mol. The van der Waals surface area contributed by atoms with Crippen molar-refractivity contribution < 1.29 is 27.5 Å². The molecule has 1 aromatic carbocycles. The van der Waals surface area contributed by atoms with Crippen molar-refractivity contribution in [1.82, 2.24) is 10.4 Å². The molecule has 1 unspecified atom stereocenters. The molecule has 0 spiro atoms. The first kappa shape index (κ1) is 15.3. The third-order valence-electron chi connectivity index (χ3n) is 3.12. The molecule has 0 radical (unpaired) electrons. The summed E-state index contributed by atoms with van der Waals surface area (Å²) in [6, 6.07) is 5.57. The number of fused-ring (bicyclic) bond motifs is 1.